The summed E-state index contributed by atoms with van der Waals surface area (Å²) in [7, 11) is 0. The molecule has 0 radical (unpaired) electrons. The number of fused-ring (bicyclic) bond motifs is 1. The molecule has 2 heterocycles. The number of rotatable bonds is 3. The Hall–Kier alpha value is -2.30. The van der Waals surface area contributed by atoms with E-state index in [4.69, 9.17) is 0 Å². The lowest BCUT2D eigenvalue weighted by Crippen LogP contribution is -2.27. The Bertz CT molecular complexity index is 714. The smallest absolute Gasteiger partial charge is 0.291 e. The number of carbonyl (C=O) groups is 1. The molecule has 1 aliphatic carbocycles. The van der Waals surface area contributed by atoms with Crippen molar-refractivity contribution in [2.75, 3.05) is 6.54 Å². The molecule has 1 amide bonds. The van der Waals surface area contributed by atoms with Crippen molar-refractivity contribution in [3.05, 3.63) is 35.8 Å². The summed E-state index contributed by atoms with van der Waals surface area (Å²) in [6, 6.07) is 7.04. The highest BCUT2D eigenvalue weighted by molar-refractivity contribution is 5.94. The summed E-state index contributed by atoms with van der Waals surface area (Å²) >= 11 is 0. The number of carbonyl (C=O) groups excluding carboxylic acids is 1. The number of aromatic nitrogens is 2. The van der Waals surface area contributed by atoms with Crippen LogP contribution in [0.4, 0.5) is 0 Å². The Morgan fingerprint density at radius 1 is 1.29 bits per heavy atom. The van der Waals surface area contributed by atoms with Crippen molar-refractivity contribution in [1.82, 2.24) is 14.5 Å². The number of hydrogen-bond donors (Lipinski definition) is 1. The van der Waals surface area contributed by atoms with E-state index in [-0.39, 0.29) is 11.7 Å². The van der Waals surface area contributed by atoms with Crippen molar-refractivity contribution in [3.63, 3.8) is 0 Å². The van der Waals surface area contributed by atoms with Gasteiger partial charge in [-0.25, -0.2) is 4.98 Å². The van der Waals surface area contributed by atoms with E-state index in [1.165, 1.54) is 12.8 Å². The van der Waals surface area contributed by atoms with E-state index in [0.29, 0.717) is 18.4 Å². The van der Waals surface area contributed by atoms with Gasteiger partial charge in [0.05, 0.1) is 18.1 Å². The molecule has 2 aromatic rings. The summed E-state index contributed by atoms with van der Waals surface area (Å²) in [5, 5.41) is 9.42. The molecule has 1 fully saturated rings. The van der Waals surface area contributed by atoms with Crippen LogP contribution in [0.2, 0.25) is 0 Å². The SMILES string of the molecule is Cc1nc2n(c1-c1ccc(O)cc1)CN(CC1CC1)C2=O. The fourth-order valence-electron chi connectivity index (χ4n) is 2.99. The van der Waals surface area contributed by atoms with Gasteiger partial charge in [-0.15, -0.1) is 0 Å². The summed E-state index contributed by atoms with van der Waals surface area (Å²) in [5.41, 5.74) is 2.80. The highest BCUT2D eigenvalue weighted by atomic mass is 16.3. The number of amides is 1. The van der Waals surface area contributed by atoms with Crippen LogP contribution in [0.25, 0.3) is 11.3 Å². The summed E-state index contributed by atoms with van der Waals surface area (Å²) in [5.74, 6) is 1.49. The van der Waals surface area contributed by atoms with Gasteiger partial charge >= 0.3 is 0 Å². The van der Waals surface area contributed by atoms with Gasteiger partial charge in [-0.1, -0.05) is 0 Å². The molecular weight excluding hydrogens is 266 g/mol. The molecule has 0 bridgehead atoms. The first-order valence-electron chi connectivity index (χ1n) is 7.29. The van der Waals surface area contributed by atoms with Crippen LogP contribution in [-0.2, 0) is 6.67 Å². The quantitative estimate of drug-likeness (QED) is 0.941. The second-order valence-corrected chi connectivity index (χ2v) is 5.96. The van der Waals surface area contributed by atoms with Gasteiger partial charge in [0.1, 0.15) is 5.75 Å². The minimum atomic E-state index is 0.0371. The fraction of sp³-hybridized carbons (Fsp3) is 0.375. The zero-order chi connectivity index (χ0) is 14.6. The molecule has 0 spiro atoms. The van der Waals surface area contributed by atoms with Crippen LogP contribution in [-0.4, -0.2) is 32.0 Å². The van der Waals surface area contributed by atoms with Crippen LogP contribution in [0.3, 0.4) is 0 Å². The number of benzene rings is 1. The lowest BCUT2D eigenvalue weighted by molar-refractivity contribution is 0.0758. The zero-order valence-corrected chi connectivity index (χ0v) is 11.9. The molecule has 5 nitrogen and oxygen atoms in total. The topological polar surface area (TPSA) is 58.4 Å². The van der Waals surface area contributed by atoms with Crippen LogP contribution in [0.15, 0.2) is 24.3 Å². The van der Waals surface area contributed by atoms with E-state index in [1.807, 2.05) is 28.5 Å². The van der Waals surface area contributed by atoms with Gasteiger partial charge in [-0.3, -0.25) is 4.79 Å². The molecule has 1 N–H and O–H groups in total. The van der Waals surface area contributed by atoms with Crippen LogP contribution in [0, 0.1) is 12.8 Å². The molecule has 4 rings (SSSR count). The number of aromatic hydroxyl groups is 1. The number of phenolic OH excluding ortho intramolecular Hbond substituents is 1. The van der Waals surface area contributed by atoms with Gasteiger partial charge in [0, 0.05) is 12.1 Å². The first-order chi connectivity index (χ1) is 10.1. The van der Waals surface area contributed by atoms with Gasteiger partial charge in [0.2, 0.25) is 5.82 Å². The first-order valence-corrected chi connectivity index (χ1v) is 7.29. The minimum Gasteiger partial charge on any atom is -0.508 e. The Morgan fingerprint density at radius 2 is 2.00 bits per heavy atom. The number of imidazole rings is 1. The van der Waals surface area contributed by atoms with Gasteiger partial charge in [0.15, 0.2) is 0 Å². The van der Waals surface area contributed by atoms with Gasteiger partial charge in [-0.2, -0.15) is 0 Å². The third-order valence-electron chi connectivity index (χ3n) is 4.25. The fourth-order valence-corrected chi connectivity index (χ4v) is 2.99. The van der Waals surface area contributed by atoms with Crippen molar-refractivity contribution in [2.45, 2.75) is 26.4 Å². The van der Waals surface area contributed by atoms with E-state index >= 15 is 0 Å². The van der Waals surface area contributed by atoms with Crippen molar-refractivity contribution < 1.29 is 9.90 Å². The van der Waals surface area contributed by atoms with E-state index in [2.05, 4.69) is 4.98 Å². The average molecular weight is 283 g/mol. The summed E-state index contributed by atoms with van der Waals surface area (Å²) in [6.45, 7) is 3.35. The van der Waals surface area contributed by atoms with Crippen molar-refractivity contribution in [2.24, 2.45) is 5.92 Å². The third-order valence-corrected chi connectivity index (χ3v) is 4.25. The van der Waals surface area contributed by atoms with Crippen LogP contribution < -0.4 is 0 Å². The molecule has 108 valence electrons. The maximum atomic E-state index is 12.4. The van der Waals surface area contributed by atoms with Crippen LogP contribution in [0.1, 0.15) is 29.2 Å². The molecule has 21 heavy (non-hydrogen) atoms. The summed E-state index contributed by atoms with van der Waals surface area (Å²) in [6.07, 6.45) is 2.46. The largest absolute Gasteiger partial charge is 0.508 e. The first kappa shape index (κ1) is 12.4. The van der Waals surface area contributed by atoms with Crippen LogP contribution in [0.5, 0.6) is 5.75 Å². The Morgan fingerprint density at radius 3 is 2.67 bits per heavy atom. The van der Waals surface area contributed by atoms with Crippen LogP contribution >= 0.6 is 0 Å². The number of aryl methyl sites for hydroxylation is 1. The van der Waals surface area contributed by atoms with E-state index in [0.717, 1.165) is 23.5 Å². The zero-order valence-electron chi connectivity index (χ0n) is 11.9. The molecule has 2 aliphatic rings. The molecule has 5 heteroatoms. The van der Waals surface area contributed by atoms with Gasteiger partial charge in [-0.05, 0) is 49.9 Å². The Balaban J connectivity index is 1.72. The number of hydrogen-bond acceptors (Lipinski definition) is 3. The highest BCUT2D eigenvalue weighted by Gasteiger charge is 2.35. The molecule has 0 unspecified atom stereocenters. The minimum absolute atomic E-state index is 0.0371. The maximum absolute atomic E-state index is 12.4. The van der Waals surface area contributed by atoms with Crippen molar-refractivity contribution in [3.8, 4) is 17.0 Å². The second kappa shape index (κ2) is 4.35. The summed E-state index contributed by atoms with van der Waals surface area (Å²) < 4.78 is 1.99. The predicted molar refractivity (Wildman–Crippen MR) is 77.8 cm³/mol. The number of nitrogens with zero attached hydrogens (tertiary/aromatic N) is 3. The summed E-state index contributed by atoms with van der Waals surface area (Å²) in [4.78, 5) is 18.8. The highest BCUT2D eigenvalue weighted by Crippen LogP contribution is 2.34. The average Bonchev–Trinajstić information content (AvgIpc) is 3.16. The van der Waals surface area contributed by atoms with E-state index < -0.39 is 0 Å². The predicted octanol–water partition coefficient (Wildman–Crippen LogP) is 2.39. The standard InChI is InChI=1S/C16H17N3O2/c1-10-14(12-4-6-13(20)7-5-12)19-9-18(8-11-2-3-11)16(21)15(19)17-10/h4-7,11,20H,2-3,8-9H2,1H3. The van der Waals surface area contributed by atoms with Crippen molar-refractivity contribution >= 4 is 5.91 Å². The van der Waals surface area contributed by atoms with Gasteiger partial charge in [0.25, 0.3) is 5.91 Å². The third kappa shape index (κ3) is 2.00. The molecule has 0 saturated heterocycles. The molecule has 1 aromatic carbocycles. The lowest BCUT2D eigenvalue weighted by atomic mass is 10.1. The van der Waals surface area contributed by atoms with E-state index in [9.17, 15) is 9.90 Å². The molecule has 1 aromatic heterocycles. The Labute approximate surface area is 122 Å². The lowest BCUT2D eigenvalue weighted by Gasteiger charge is -2.15. The normalized spacial score (nSPS) is 17.4. The molecule has 0 atom stereocenters. The van der Waals surface area contributed by atoms with E-state index in [1.54, 1.807) is 12.1 Å². The molecule has 1 aliphatic heterocycles. The Kier molecular flexibility index (Phi) is 2.58. The molecular formula is C16H17N3O2. The van der Waals surface area contributed by atoms with Crippen molar-refractivity contribution in [1.29, 1.82) is 0 Å². The van der Waals surface area contributed by atoms with Gasteiger partial charge < -0.3 is 14.6 Å². The molecule has 1 saturated carbocycles. The second-order valence-electron chi connectivity index (χ2n) is 5.96. The monoisotopic (exact) mass is 283 g/mol. The number of phenols is 1. The maximum Gasteiger partial charge on any atom is 0.291 e.